The lowest BCUT2D eigenvalue weighted by Gasteiger charge is -1.93. The average molecular weight is 216 g/mol. The molecule has 1 heterocycles. The van der Waals surface area contributed by atoms with Gasteiger partial charge in [-0.15, -0.1) is 0 Å². The van der Waals surface area contributed by atoms with Gasteiger partial charge in [-0.2, -0.15) is 0 Å². The van der Waals surface area contributed by atoms with Crippen molar-refractivity contribution in [2.24, 2.45) is 5.92 Å². The highest BCUT2D eigenvalue weighted by molar-refractivity contribution is 5.94. The molecule has 1 aliphatic heterocycles. The number of hydrogen-bond acceptors (Lipinski definition) is 4. The normalized spacial score (nSPS) is 18.5. The highest BCUT2D eigenvalue weighted by Crippen LogP contribution is 2.13. The fourth-order valence-corrected chi connectivity index (χ4v) is 0.720. The van der Waals surface area contributed by atoms with Crippen molar-refractivity contribution in [3.8, 4) is 0 Å². The van der Waals surface area contributed by atoms with Crippen LogP contribution in [0.4, 0.5) is 0 Å². The lowest BCUT2D eigenvalue weighted by Crippen LogP contribution is -2.17. The van der Waals surface area contributed by atoms with Crippen molar-refractivity contribution in [1.82, 2.24) is 0 Å². The van der Waals surface area contributed by atoms with Gasteiger partial charge in [0, 0.05) is 12.0 Å². The van der Waals surface area contributed by atoms with E-state index < -0.39 is 23.8 Å². The van der Waals surface area contributed by atoms with Crippen LogP contribution in [-0.4, -0.2) is 34.7 Å². The van der Waals surface area contributed by atoms with Crippen LogP contribution in [0.3, 0.4) is 0 Å². The summed E-state index contributed by atoms with van der Waals surface area (Å²) >= 11 is 0. The SMILES string of the molecule is C=C(C)C(=O)O.O=C(O)C1CCOC1=O. The topological polar surface area (TPSA) is 101 Å². The number of rotatable bonds is 2. The Bertz CT molecular complexity index is 281. The van der Waals surface area contributed by atoms with Gasteiger partial charge in [-0.25, -0.2) is 4.79 Å². The van der Waals surface area contributed by atoms with E-state index in [9.17, 15) is 14.4 Å². The first-order valence-corrected chi connectivity index (χ1v) is 4.14. The molecule has 1 rings (SSSR count). The first-order valence-electron chi connectivity index (χ1n) is 4.14. The summed E-state index contributed by atoms with van der Waals surface area (Å²) in [6.45, 7) is 4.85. The standard InChI is InChI=1S/C5H6O4.C4H6O2/c6-4(7)3-1-2-9-5(3)8;1-3(2)4(5)6/h3H,1-2H2,(H,6,7);1H2,2H3,(H,5,6). The predicted molar refractivity (Wildman–Crippen MR) is 49.2 cm³/mol. The molecule has 0 aliphatic carbocycles. The van der Waals surface area contributed by atoms with Crippen LogP contribution in [0.25, 0.3) is 0 Å². The molecule has 0 spiro atoms. The van der Waals surface area contributed by atoms with E-state index in [0.717, 1.165) is 0 Å². The quantitative estimate of drug-likeness (QED) is 0.390. The Morgan fingerprint density at radius 1 is 1.47 bits per heavy atom. The highest BCUT2D eigenvalue weighted by atomic mass is 16.5. The van der Waals surface area contributed by atoms with E-state index in [1.807, 2.05) is 0 Å². The number of hydrogen-bond donors (Lipinski definition) is 2. The second-order valence-electron chi connectivity index (χ2n) is 2.93. The van der Waals surface area contributed by atoms with Crippen LogP contribution < -0.4 is 0 Å². The molecule has 2 N–H and O–H groups in total. The number of aliphatic carboxylic acids is 2. The van der Waals surface area contributed by atoms with Crippen LogP contribution in [0.5, 0.6) is 0 Å². The van der Waals surface area contributed by atoms with Crippen molar-refractivity contribution in [3.63, 3.8) is 0 Å². The Balaban J connectivity index is 0.000000288. The molecule has 0 aromatic rings. The molecule has 0 aromatic carbocycles. The van der Waals surface area contributed by atoms with Crippen molar-refractivity contribution in [1.29, 1.82) is 0 Å². The molecule has 1 atom stereocenters. The molecule has 0 saturated carbocycles. The molecule has 1 unspecified atom stereocenters. The van der Waals surface area contributed by atoms with E-state index in [4.69, 9.17) is 10.2 Å². The van der Waals surface area contributed by atoms with Gasteiger partial charge in [-0.3, -0.25) is 9.59 Å². The number of esters is 1. The van der Waals surface area contributed by atoms with Gasteiger partial charge >= 0.3 is 17.9 Å². The predicted octanol–water partition coefficient (Wildman–Crippen LogP) is 0.281. The maximum Gasteiger partial charge on any atom is 0.330 e. The minimum atomic E-state index is -1.09. The van der Waals surface area contributed by atoms with Crippen molar-refractivity contribution >= 4 is 17.9 Å². The zero-order chi connectivity index (χ0) is 12.0. The third-order valence-electron chi connectivity index (χ3n) is 1.60. The van der Waals surface area contributed by atoms with Crippen LogP contribution in [0.15, 0.2) is 12.2 Å². The van der Waals surface area contributed by atoms with Crippen molar-refractivity contribution < 1.29 is 29.3 Å². The van der Waals surface area contributed by atoms with Crippen LogP contribution in [0.2, 0.25) is 0 Å². The summed E-state index contributed by atoms with van der Waals surface area (Å²) in [5.41, 5.74) is 0.176. The molecule has 1 aliphatic rings. The second-order valence-corrected chi connectivity index (χ2v) is 2.93. The Hall–Kier alpha value is -1.85. The maximum atomic E-state index is 10.4. The molecule has 0 radical (unpaired) electrons. The van der Waals surface area contributed by atoms with Crippen molar-refractivity contribution in [2.45, 2.75) is 13.3 Å². The van der Waals surface area contributed by atoms with Gasteiger partial charge in [0.2, 0.25) is 0 Å². The van der Waals surface area contributed by atoms with Gasteiger partial charge in [0.1, 0.15) is 0 Å². The Morgan fingerprint density at radius 3 is 2.07 bits per heavy atom. The third-order valence-corrected chi connectivity index (χ3v) is 1.60. The number of carbonyl (C=O) groups excluding carboxylic acids is 1. The third kappa shape index (κ3) is 4.80. The first kappa shape index (κ1) is 13.2. The van der Waals surface area contributed by atoms with Gasteiger partial charge in [0.25, 0.3) is 0 Å². The molecule has 6 heteroatoms. The van der Waals surface area contributed by atoms with E-state index in [-0.39, 0.29) is 12.2 Å². The van der Waals surface area contributed by atoms with Crippen LogP contribution in [-0.2, 0) is 19.1 Å². The summed E-state index contributed by atoms with van der Waals surface area (Å²) in [5.74, 6) is -3.54. The van der Waals surface area contributed by atoms with Gasteiger partial charge < -0.3 is 14.9 Å². The number of carboxylic acids is 2. The zero-order valence-electron chi connectivity index (χ0n) is 8.23. The van der Waals surface area contributed by atoms with E-state index in [1.165, 1.54) is 6.92 Å². The molecule has 84 valence electrons. The lowest BCUT2D eigenvalue weighted by atomic mass is 10.1. The molecule has 0 amide bonds. The van der Waals surface area contributed by atoms with E-state index >= 15 is 0 Å². The van der Waals surface area contributed by atoms with Crippen molar-refractivity contribution in [3.05, 3.63) is 12.2 Å². The van der Waals surface area contributed by atoms with E-state index in [2.05, 4.69) is 11.3 Å². The van der Waals surface area contributed by atoms with Crippen LogP contribution in [0.1, 0.15) is 13.3 Å². The second kappa shape index (κ2) is 5.79. The van der Waals surface area contributed by atoms with Crippen LogP contribution in [0, 0.1) is 5.92 Å². The summed E-state index contributed by atoms with van der Waals surface area (Å²) < 4.78 is 4.41. The zero-order valence-corrected chi connectivity index (χ0v) is 8.23. The molecular weight excluding hydrogens is 204 g/mol. The Morgan fingerprint density at radius 2 is 1.93 bits per heavy atom. The summed E-state index contributed by atoms with van der Waals surface area (Å²) in [7, 11) is 0. The van der Waals surface area contributed by atoms with E-state index in [1.54, 1.807) is 0 Å². The number of carbonyl (C=O) groups is 3. The summed E-state index contributed by atoms with van der Waals surface area (Å²) in [4.78, 5) is 30.1. The van der Waals surface area contributed by atoms with Crippen LogP contribution >= 0.6 is 0 Å². The van der Waals surface area contributed by atoms with Crippen molar-refractivity contribution in [2.75, 3.05) is 6.61 Å². The van der Waals surface area contributed by atoms with Gasteiger partial charge in [-0.1, -0.05) is 6.58 Å². The average Bonchev–Trinajstić information content (AvgIpc) is 2.52. The monoisotopic (exact) mass is 216 g/mol. The molecule has 15 heavy (non-hydrogen) atoms. The molecular formula is C9H12O6. The highest BCUT2D eigenvalue weighted by Gasteiger charge is 2.32. The Kier molecular flexibility index (Phi) is 5.08. The molecule has 1 fully saturated rings. The van der Waals surface area contributed by atoms with E-state index in [0.29, 0.717) is 6.42 Å². The van der Waals surface area contributed by atoms with Gasteiger partial charge in [-0.05, 0) is 6.92 Å². The molecule has 6 nitrogen and oxygen atoms in total. The smallest absolute Gasteiger partial charge is 0.330 e. The Labute approximate surface area is 86.2 Å². The van der Waals surface area contributed by atoms with Gasteiger partial charge in [0.15, 0.2) is 5.92 Å². The molecule has 1 saturated heterocycles. The fraction of sp³-hybridized carbons (Fsp3) is 0.444. The number of ether oxygens (including phenoxy) is 1. The fourth-order valence-electron chi connectivity index (χ4n) is 0.720. The number of carboxylic acid groups (broad SMARTS) is 2. The summed E-state index contributed by atoms with van der Waals surface area (Å²) in [6.07, 6.45) is 0.314. The molecule has 0 aromatic heterocycles. The first-order chi connectivity index (χ1) is 6.86. The lowest BCUT2D eigenvalue weighted by molar-refractivity contribution is -0.151. The minimum absolute atomic E-state index is 0.176. The van der Waals surface area contributed by atoms with Gasteiger partial charge in [0.05, 0.1) is 6.61 Å². The summed E-state index contributed by atoms with van der Waals surface area (Å²) in [6, 6.07) is 0. The molecule has 0 bridgehead atoms. The minimum Gasteiger partial charge on any atom is -0.481 e. The largest absolute Gasteiger partial charge is 0.481 e. The summed E-state index contributed by atoms with van der Waals surface area (Å²) in [5, 5.41) is 16.2. The maximum absolute atomic E-state index is 10.4. The number of cyclic esters (lactones) is 1.